The summed E-state index contributed by atoms with van der Waals surface area (Å²) in [6.45, 7) is 12.1. The lowest BCUT2D eigenvalue weighted by Gasteiger charge is -2.59. The fourth-order valence-corrected chi connectivity index (χ4v) is 7.29. The fraction of sp³-hybridized carbons (Fsp3) is 0.731. The number of Topliss-reactive ketones (excluding diaryl/α,β-unsaturated/α-hetero) is 1. The van der Waals surface area contributed by atoms with Crippen molar-refractivity contribution in [2.75, 3.05) is 6.61 Å². The molecule has 6 heteroatoms. The Hall–Kier alpha value is -1.31. The van der Waals surface area contributed by atoms with Crippen molar-refractivity contribution >= 4 is 5.78 Å². The third kappa shape index (κ3) is 2.62. The Bertz CT molecular complexity index is 921. The SMILES string of the molecule is C=C(C)[C@]12C[C@@H](C)[C@@]34OC(CCCCC)(O[C@H]1[C@@H]3C=C(CO)C[C@]1(O)C(=O)C(C)=C[C@@H]41)O2. The molecule has 1 unspecified atom stereocenters. The number of unbranched alkanes of at least 4 members (excludes halogenated alkanes) is 2. The predicted octanol–water partition coefficient (Wildman–Crippen LogP) is 3.57. The van der Waals surface area contributed by atoms with Crippen molar-refractivity contribution in [2.45, 2.75) is 95.1 Å². The number of carbonyl (C=O) groups excluding carboxylic acids is 1. The van der Waals surface area contributed by atoms with Gasteiger partial charge in [-0.05, 0) is 49.3 Å². The minimum atomic E-state index is -1.63. The molecule has 2 aliphatic heterocycles. The molecule has 0 aromatic heterocycles. The smallest absolute Gasteiger partial charge is 0.284 e. The summed E-state index contributed by atoms with van der Waals surface area (Å²) in [6, 6.07) is 0. The molecule has 2 N–H and O–H groups in total. The minimum Gasteiger partial charge on any atom is -0.392 e. The number of fused-ring (bicyclic) bond motifs is 2. The van der Waals surface area contributed by atoms with Crippen LogP contribution in [0.1, 0.15) is 66.2 Å². The van der Waals surface area contributed by atoms with E-state index < -0.39 is 28.7 Å². The second kappa shape index (κ2) is 7.09. The monoisotopic (exact) mass is 444 g/mol. The standard InChI is InChI=1S/C26H36O6/c1-6-7-8-9-25-30-22-19-11-18(14-27)13-23(29)20(10-16(4)21(23)28)26(19,32-25)17(5)12-24(22,31-25)15(2)3/h10-11,17,19-20,22,27,29H,2,6-9,12-14H2,1,3-5H3/t17-,19+,20-,22+,23-,24-,25?,26-/m1/s1. The number of aliphatic hydroxyl groups excluding tert-OH is 1. The van der Waals surface area contributed by atoms with Crippen LogP contribution in [0.4, 0.5) is 0 Å². The molecule has 32 heavy (non-hydrogen) atoms. The summed E-state index contributed by atoms with van der Waals surface area (Å²) < 4.78 is 20.3. The van der Waals surface area contributed by atoms with E-state index in [1.165, 1.54) is 0 Å². The van der Waals surface area contributed by atoms with Gasteiger partial charge in [0, 0.05) is 24.7 Å². The van der Waals surface area contributed by atoms with E-state index in [0.717, 1.165) is 24.8 Å². The van der Waals surface area contributed by atoms with Crippen molar-refractivity contribution in [3.63, 3.8) is 0 Å². The molecule has 0 spiro atoms. The van der Waals surface area contributed by atoms with E-state index in [9.17, 15) is 15.0 Å². The van der Waals surface area contributed by atoms with Gasteiger partial charge in [-0.2, -0.15) is 0 Å². The van der Waals surface area contributed by atoms with E-state index in [2.05, 4.69) is 20.4 Å². The van der Waals surface area contributed by atoms with Crippen LogP contribution in [0.25, 0.3) is 0 Å². The first kappa shape index (κ1) is 22.5. The third-order valence-electron chi connectivity index (χ3n) is 8.76. The Morgan fingerprint density at radius 1 is 1.28 bits per heavy atom. The summed E-state index contributed by atoms with van der Waals surface area (Å²) in [5.74, 6) is -2.33. The molecule has 3 fully saturated rings. The van der Waals surface area contributed by atoms with Crippen molar-refractivity contribution in [3.05, 3.63) is 35.5 Å². The summed E-state index contributed by atoms with van der Waals surface area (Å²) in [6.07, 6.45) is 7.88. The zero-order valence-electron chi connectivity index (χ0n) is 19.6. The Morgan fingerprint density at radius 2 is 2.03 bits per heavy atom. The van der Waals surface area contributed by atoms with E-state index in [1.54, 1.807) is 6.92 Å². The molecule has 5 rings (SSSR count). The Kier molecular flexibility index (Phi) is 4.98. The molecular formula is C26H36O6. The molecule has 0 amide bonds. The lowest BCUT2D eigenvalue weighted by atomic mass is 9.55. The van der Waals surface area contributed by atoms with Gasteiger partial charge in [0.2, 0.25) is 0 Å². The summed E-state index contributed by atoms with van der Waals surface area (Å²) in [5.41, 5.74) is -1.11. The van der Waals surface area contributed by atoms with Crippen LogP contribution in [0, 0.1) is 17.8 Å². The summed E-state index contributed by atoms with van der Waals surface area (Å²) >= 11 is 0. The molecule has 0 aromatic carbocycles. The maximum Gasteiger partial charge on any atom is 0.284 e. The van der Waals surface area contributed by atoms with Crippen LogP contribution in [-0.2, 0) is 19.0 Å². The molecule has 3 aliphatic carbocycles. The zero-order valence-corrected chi connectivity index (χ0v) is 19.6. The summed E-state index contributed by atoms with van der Waals surface area (Å²) in [5, 5.41) is 22.0. The van der Waals surface area contributed by atoms with E-state index in [-0.39, 0.29) is 36.8 Å². The van der Waals surface area contributed by atoms with Crippen molar-refractivity contribution < 1.29 is 29.2 Å². The number of carbonyl (C=O) groups is 1. The Balaban J connectivity index is 1.72. The first-order chi connectivity index (χ1) is 15.1. The lowest BCUT2D eigenvalue weighted by Crippen LogP contribution is -2.70. The number of hydrogen-bond donors (Lipinski definition) is 2. The van der Waals surface area contributed by atoms with Crippen LogP contribution in [0.5, 0.6) is 0 Å². The van der Waals surface area contributed by atoms with Crippen molar-refractivity contribution in [2.24, 2.45) is 17.8 Å². The molecular weight excluding hydrogens is 408 g/mol. The van der Waals surface area contributed by atoms with Crippen LogP contribution in [0.3, 0.4) is 0 Å². The van der Waals surface area contributed by atoms with Crippen LogP contribution >= 0.6 is 0 Å². The van der Waals surface area contributed by atoms with Gasteiger partial charge in [-0.3, -0.25) is 4.79 Å². The van der Waals surface area contributed by atoms with E-state index in [0.29, 0.717) is 24.0 Å². The maximum absolute atomic E-state index is 13.2. The van der Waals surface area contributed by atoms with Crippen LogP contribution in [0.2, 0.25) is 0 Å². The number of rotatable bonds is 6. The highest BCUT2D eigenvalue weighted by atomic mass is 16.9. The predicted molar refractivity (Wildman–Crippen MR) is 118 cm³/mol. The van der Waals surface area contributed by atoms with Crippen LogP contribution in [0.15, 0.2) is 35.5 Å². The normalized spacial score (nSPS) is 48.8. The molecule has 5 aliphatic rings. The van der Waals surface area contributed by atoms with Gasteiger partial charge in [0.25, 0.3) is 5.97 Å². The minimum absolute atomic E-state index is 0.0295. The molecule has 0 aromatic rings. The lowest BCUT2D eigenvalue weighted by molar-refractivity contribution is -0.424. The average Bonchev–Trinajstić information content (AvgIpc) is 3.04. The third-order valence-corrected chi connectivity index (χ3v) is 8.76. The first-order valence-corrected chi connectivity index (χ1v) is 12.1. The molecule has 2 saturated heterocycles. The highest BCUT2D eigenvalue weighted by Gasteiger charge is 2.78. The van der Waals surface area contributed by atoms with Gasteiger partial charge < -0.3 is 24.4 Å². The van der Waals surface area contributed by atoms with Gasteiger partial charge in [-0.25, -0.2) is 0 Å². The highest BCUT2D eigenvalue weighted by molar-refractivity contribution is 6.04. The molecule has 1 saturated carbocycles. The quantitative estimate of drug-likeness (QED) is 0.481. The zero-order chi connectivity index (χ0) is 23.1. The topological polar surface area (TPSA) is 85.2 Å². The van der Waals surface area contributed by atoms with Gasteiger partial charge in [-0.1, -0.05) is 45.4 Å². The van der Waals surface area contributed by atoms with Gasteiger partial charge in [-0.15, -0.1) is 0 Å². The summed E-state index contributed by atoms with van der Waals surface area (Å²) in [4.78, 5) is 13.2. The Labute approximate surface area is 190 Å². The van der Waals surface area contributed by atoms with E-state index in [1.807, 2.05) is 19.1 Å². The second-order valence-corrected chi connectivity index (χ2v) is 10.8. The second-order valence-electron chi connectivity index (χ2n) is 10.8. The summed E-state index contributed by atoms with van der Waals surface area (Å²) in [7, 11) is 0. The molecule has 2 heterocycles. The number of ether oxygens (including phenoxy) is 3. The molecule has 6 nitrogen and oxygen atoms in total. The number of aliphatic hydroxyl groups is 2. The van der Waals surface area contributed by atoms with Gasteiger partial charge in [0.05, 0.1) is 12.2 Å². The van der Waals surface area contributed by atoms with E-state index >= 15 is 0 Å². The fourth-order valence-electron chi connectivity index (χ4n) is 7.29. The first-order valence-electron chi connectivity index (χ1n) is 12.1. The maximum atomic E-state index is 13.2. The average molecular weight is 445 g/mol. The van der Waals surface area contributed by atoms with Crippen LogP contribution < -0.4 is 0 Å². The number of hydrogen-bond acceptors (Lipinski definition) is 6. The molecule has 3 bridgehead atoms. The van der Waals surface area contributed by atoms with Gasteiger partial charge >= 0.3 is 0 Å². The largest absolute Gasteiger partial charge is 0.392 e. The van der Waals surface area contributed by atoms with Crippen molar-refractivity contribution in [3.8, 4) is 0 Å². The molecule has 8 atom stereocenters. The van der Waals surface area contributed by atoms with Crippen molar-refractivity contribution in [1.82, 2.24) is 0 Å². The van der Waals surface area contributed by atoms with Crippen molar-refractivity contribution in [1.29, 1.82) is 0 Å². The van der Waals surface area contributed by atoms with Gasteiger partial charge in [0.1, 0.15) is 17.3 Å². The Morgan fingerprint density at radius 3 is 2.69 bits per heavy atom. The molecule has 176 valence electrons. The van der Waals surface area contributed by atoms with Gasteiger partial charge in [0.15, 0.2) is 5.78 Å². The number of ketones is 1. The van der Waals surface area contributed by atoms with Crippen LogP contribution in [-0.4, -0.2) is 51.5 Å². The molecule has 0 radical (unpaired) electrons. The van der Waals surface area contributed by atoms with E-state index in [4.69, 9.17) is 14.2 Å². The highest BCUT2D eigenvalue weighted by Crippen LogP contribution is 2.68.